The summed E-state index contributed by atoms with van der Waals surface area (Å²) < 4.78 is 10.9. The van der Waals surface area contributed by atoms with Crippen LogP contribution < -0.4 is 0 Å². The van der Waals surface area contributed by atoms with Crippen LogP contribution in [0.15, 0.2) is 0 Å². The number of carboxylic acid groups (broad SMARTS) is 1. The third kappa shape index (κ3) is 4.18. The van der Waals surface area contributed by atoms with Gasteiger partial charge in [0.2, 0.25) is 5.91 Å². The maximum atomic E-state index is 12.1. The van der Waals surface area contributed by atoms with Gasteiger partial charge in [0.15, 0.2) is 0 Å². The summed E-state index contributed by atoms with van der Waals surface area (Å²) in [6.45, 7) is 2.19. The number of hydrogen-bond acceptors (Lipinski definition) is 4. The Balaban J connectivity index is 1.68. The number of amides is 1. The van der Waals surface area contributed by atoms with Crippen LogP contribution in [0.2, 0.25) is 0 Å². The van der Waals surface area contributed by atoms with Gasteiger partial charge in [-0.2, -0.15) is 0 Å². The normalized spacial score (nSPS) is 26.7. The lowest BCUT2D eigenvalue weighted by atomic mass is 10.0. The van der Waals surface area contributed by atoms with Gasteiger partial charge in [-0.05, 0) is 32.1 Å². The molecule has 114 valence electrons. The van der Waals surface area contributed by atoms with Crippen LogP contribution in [-0.4, -0.2) is 60.4 Å². The van der Waals surface area contributed by atoms with Crippen LogP contribution in [0.4, 0.5) is 0 Å². The number of ether oxygens (including phenoxy) is 2. The lowest BCUT2D eigenvalue weighted by Gasteiger charge is -2.33. The van der Waals surface area contributed by atoms with E-state index in [1.807, 2.05) is 0 Å². The number of hydrogen-bond donors (Lipinski definition) is 1. The molecule has 2 aliphatic rings. The first-order valence-electron chi connectivity index (χ1n) is 7.40. The molecule has 2 fully saturated rings. The number of carbonyl (C=O) groups is 2. The molecule has 6 heteroatoms. The van der Waals surface area contributed by atoms with E-state index in [2.05, 4.69) is 0 Å². The third-order valence-electron chi connectivity index (χ3n) is 3.90. The molecule has 0 saturated carbocycles. The Bertz CT molecular complexity index is 340. The van der Waals surface area contributed by atoms with Crippen LogP contribution in [0.25, 0.3) is 0 Å². The second-order valence-electron chi connectivity index (χ2n) is 5.40. The van der Waals surface area contributed by atoms with Gasteiger partial charge in [0.05, 0.1) is 25.7 Å². The average molecular weight is 285 g/mol. The Labute approximate surface area is 119 Å². The van der Waals surface area contributed by atoms with Crippen molar-refractivity contribution in [3.63, 3.8) is 0 Å². The SMILES string of the molecule is O=C(O)[C@H]1CCCCN1C(=O)CCOC[C@@H]1CCCO1. The second-order valence-corrected chi connectivity index (χ2v) is 5.40. The largest absolute Gasteiger partial charge is 0.480 e. The Kier molecular flexibility index (Phi) is 5.79. The van der Waals surface area contributed by atoms with Gasteiger partial charge in [-0.3, -0.25) is 4.79 Å². The van der Waals surface area contributed by atoms with Gasteiger partial charge in [0.1, 0.15) is 6.04 Å². The fraction of sp³-hybridized carbons (Fsp3) is 0.857. The Hall–Kier alpha value is -1.14. The number of piperidine rings is 1. The molecule has 2 saturated heterocycles. The first-order chi connectivity index (χ1) is 9.68. The zero-order chi connectivity index (χ0) is 14.4. The average Bonchev–Trinajstić information content (AvgIpc) is 2.96. The topological polar surface area (TPSA) is 76.1 Å². The van der Waals surface area contributed by atoms with Gasteiger partial charge in [-0.15, -0.1) is 0 Å². The molecule has 0 unspecified atom stereocenters. The number of nitrogens with zero attached hydrogens (tertiary/aromatic N) is 1. The van der Waals surface area contributed by atoms with Crippen molar-refractivity contribution in [2.45, 2.75) is 50.7 Å². The number of likely N-dealkylation sites (tertiary alicyclic amines) is 1. The van der Waals surface area contributed by atoms with Gasteiger partial charge in [0.25, 0.3) is 0 Å². The highest BCUT2D eigenvalue weighted by Gasteiger charge is 2.31. The molecule has 2 heterocycles. The Morgan fingerprint density at radius 2 is 2.10 bits per heavy atom. The quantitative estimate of drug-likeness (QED) is 0.738. The molecule has 0 aromatic carbocycles. The smallest absolute Gasteiger partial charge is 0.326 e. The molecular weight excluding hydrogens is 262 g/mol. The zero-order valence-electron chi connectivity index (χ0n) is 11.8. The number of carboxylic acids is 1. The van der Waals surface area contributed by atoms with Gasteiger partial charge >= 0.3 is 5.97 Å². The van der Waals surface area contributed by atoms with Crippen molar-refractivity contribution in [1.82, 2.24) is 4.90 Å². The van der Waals surface area contributed by atoms with Crippen LogP contribution in [0, 0.1) is 0 Å². The van der Waals surface area contributed by atoms with Crippen molar-refractivity contribution >= 4 is 11.9 Å². The molecule has 2 rings (SSSR count). The maximum absolute atomic E-state index is 12.1. The Morgan fingerprint density at radius 1 is 1.25 bits per heavy atom. The van der Waals surface area contributed by atoms with Crippen LogP contribution in [-0.2, 0) is 19.1 Å². The summed E-state index contributed by atoms with van der Waals surface area (Å²) in [6, 6.07) is -0.658. The summed E-state index contributed by atoms with van der Waals surface area (Å²) in [7, 11) is 0. The zero-order valence-corrected chi connectivity index (χ0v) is 11.8. The molecule has 0 bridgehead atoms. The van der Waals surface area contributed by atoms with Crippen molar-refractivity contribution in [2.75, 3.05) is 26.4 Å². The van der Waals surface area contributed by atoms with E-state index in [0.717, 1.165) is 32.3 Å². The summed E-state index contributed by atoms with van der Waals surface area (Å²) >= 11 is 0. The van der Waals surface area contributed by atoms with Crippen molar-refractivity contribution in [3.05, 3.63) is 0 Å². The molecular formula is C14H23NO5. The van der Waals surface area contributed by atoms with Gasteiger partial charge in [0, 0.05) is 13.2 Å². The number of rotatable bonds is 6. The summed E-state index contributed by atoms with van der Waals surface area (Å²) in [5, 5.41) is 9.13. The summed E-state index contributed by atoms with van der Waals surface area (Å²) in [4.78, 5) is 24.7. The van der Waals surface area contributed by atoms with Crippen molar-refractivity contribution in [1.29, 1.82) is 0 Å². The molecule has 1 amide bonds. The van der Waals surface area contributed by atoms with E-state index in [-0.39, 0.29) is 18.4 Å². The molecule has 0 spiro atoms. The molecule has 20 heavy (non-hydrogen) atoms. The maximum Gasteiger partial charge on any atom is 0.326 e. The van der Waals surface area contributed by atoms with Crippen molar-refractivity contribution in [3.8, 4) is 0 Å². The predicted octanol–water partition coefficient (Wildman–Crippen LogP) is 1.04. The highest BCUT2D eigenvalue weighted by atomic mass is 16.5. The van der Waals surface area contributed by atoms with E-state index in [4.69, 9.17) is 14.6 Å². The standard InChI is InChI=1S/C14H23NO5/c16-13(6-9-19-10-11-4-3-8-20-11)15-7-2-1-5-12(15)14(17)18/h11-12H,1-10H2,(H,17,18)/t11-,12+/m0/s1. The molecule has 6 nitrogen and oxygen atoms in total. The molecule has 1 N–H and O–H groups in total. The predicted molar refractivity (Wildman–Crippen MR) is 71.4 cm³/mol. The fourth-order valence-corrected chi connectivity index (χ4v) is 2.78. The van der Waals surface area contributed by atoms with Crippen LogP contribution in [0.3, 0.4) is 0 Å². The minimum Gasteiger partial charge on any atom is -0.480 e. The third-order valence-corrected chi connectivity index (χ3v) is 3.90. The van der Waals surface area contributed by atoms with E-state index in [1.165, 1.54) is 4.90 Å². The minimum atomic E-state index is -0.904. The van der Waals surface area contributed by atoms with Crippen molar-refractivity contribution in [2.24, 2.45) is 0 Å². The molecule has 2 aliphatic heterocycles. The first kappa shape index (κ1) is 15.3. The second kappa shape index (κ2) is 7.59. The van der Waals surface area contributed by atoms with E-state index in [1.54, 1.807) is 0 Å². The summed E-state index contributed by atoms with van der Waals surface area (Å²) in [5.41, 5.74) is 0. The van der Waals surface area contributed by atoms with Crippen LogP contribution in [0.1, 0.15) is 38.5 Å². The molecule has 0 aliphatic carbocycles. The minimum absolute atomic E-state index is 0.121. The lowest BCUT2D eigenvalue weighted by molar-refractivity contribution is -0.152. The first-order valence-corrected chi connectivity index (χ1v) is 7.40. The van der Waals surface area contributed by atoms with Gasteiger partial charge < -0.3 is 19.5 Å². The van der Waals surface area contributed by atoms with E-state index in [0.29, 0.717) is 26.2 Å². The van der Waals surface area contributed by atoms with E-state index in [9.17, 15) is 9.59 Å². The van der Waals surface area contributed by atoms with E-state index < -0.39 is 12.0 Å². The van der Waals surface area contributed by atoms with Crippen LogP contribution in [0.5, 0.6) is 0 Å². The molecule has 0 radical (unpaired) electrons. The molecule has 0 aromatic rings. The van der Waals surface area contributed by atoms with Gasteiger partial charge in [-0.25, -0.2) is 4.79 Å². The highest BCUT2D eigenvalue weighted by molar-refractivity contribution is 5.83. The Morgan fingerprint density at radius 3 is 2.80 bits per heavy atom. The monoisotopic (exact) mass is 285 g/mol. The highest BCUT2D eigenvalue weighted by Crippen LogP contribution is 2.18. The molecule has 0 aromatic heterocycles. The van der Waals surface area contributed by atoms with Crippen LogP contribution >= 0.6 is 0 Å². The van der Waals surface area contributed by atoms with Crippen molar-refractivity contribution < 1.29 is 24.2 Å². The number of carbonyl (C=O) groups excluding carboxylic acids is 1. The summed E-state index contributed by atoms with van der Waals surface area (Å²) in [6.07, 6.45) is 4.80. The van der Waals surface area contributed by atoms with Gasteiger partial charge in [-0.1, -0.05) is 0 Å². The van der Waals surface area contributed by atoms with E-state index >= 15 is 0 Å². The summed E-state index contributed by atoms with van der Waals surface area (Å²) in [5.74, 6) is -1.03. The molecule has 2 atom stereocenters. The fourth-order valence-electron chi connectivity index (χ4n) is 2.78. The number of aliphatic carboxylic acids is 1. The lowest BCUT2D eigenvalue weighted by Crippen LogP contribution is -2.48.